The minimum atomic E-state index is -4.80. The molecule has 122 valence electrons. The van der Waals surface area contributed by atoms with Gasteiger partial charge in [-0.1, -0.05) is 19.8 Å². The van der Waals surface area contributed by atoms with E-state index < -0.39 is 41.0 Å². The van der Waals surface area contributed by atoms with Crippen LogP contribution in [0.15, 0.2) is 18.2 Å². The Morgan fingerprint density at radius 3 is 2.41 bits per heavy atom. The van der Waals surface area contributed by atoms with Crippen molar-refractivity contribution >= 4 is 11.9 Å². The van der Waals surface area contributed by atoms with Crippen molar-refractivity contribution in [1.29, 1.82) is 0 Å². The van der Waals surface area contributed by atoms with Crippen LogP contribution >= 0.6 is 0 Å². The Morgan fingerprint density at radius 1 is 1.27 bits per heavy atom. The molecular weight excluding hydrogens is 306 g/mol. The minimum absolute atomic E-state index is 0.138. The van der Waals surface area contributed by atoms with Crippen LogP contribution in [-0.2, 0) is 11.0 Å². The fourth-order valence-corrected chi connectivity index (χ4v) is 1.79. The number of alkyl halides is 3. The maximum atomic E-state index is 13.2. The first-order valence-corrected chi connectivity index (χ1v) is 6.56. The van der Waals surface area contributed by atoms with Gasteiger partial charge >= 0.3 is 12.1 Å². The number of carbonyl (C=O) groups is 2. The molecule has 0 aliphatic rings. The summed E-state index contributed by atoms with van der Waals surface area (Å²) in [6.07, 6.45) is -3.45. The highest BCUT2D eigenvalue weighted by Crippen LogP contribution is 2.30. The van der Waals surface area contributed by atoms with Crippen LogP contribution in [0.5, 0.6) is 0 Å². The summed E-state index contributed by atoms with van der Waals surface area (Å²) in [6.45, 7) is 1.82. The van der Waals surface area contributed by atoms with Gasteiger partial charge in [-0.15, -0.1) is 0 Å². The van der Waals surface area contributed by atoms with Crippen LogP contribution in [0.4, 0.5) is 17.6 Å². The second-order valence-electron chi connectivity index (χ2n) is 4.73. The lowest BCUT2D eigenvalue weighted by molar-refractivity contribution is -0.139. The molecule has 0 aromatic heterocycles. The summed E-state index contributed by atoms with van der Waals surface area (Å²) in [5.41, 5.74) is -1.88. The number of hydrogen-bond donors (Lipinski definition) is 2. The highest BCUT2D eigenvalue weighted by Gasteiger charge is 2.32. The van der Waals surface area contributed by atoms with Crippen LogP contribution in [0.3, 0.4) is 0 Å². The van der Waals surface area contributed by atoms with Crippen molar-refractivity contribution < 1.29 is 32.3 Å². The number of hydrogen-bond acceptors (Lipinski definition) is 2. The molecule has 1 aromatic carbocycles. The Morgan fingerprint density at radius 2 is 1.91 bits per heavy atom. The van der Waals surface area contributed by atoms with Crippen molar-refractivity contribution in [1.82, 2.24) is 5.32 Å². The van der Waals surface area contributed by atoms with Gasteiger partial charge in [0.15, 0.2) is 0 Å². The molecule has 0 radical (unpaired) electrons. The van der Waals surface area contributed by atoms with Crippen LogP contribution in [0.1, 0.15) is 42.1 Å². The summed E-state index contributed by atoms with van der Waals surface area (Å²) in [4.78, 5) is 22.8. The number of aliphatic carboxylic acids is 1. The summed E-state index contributed by atoms with van der Waals surface area (Å²) in [6, 6.07) is 0.147. The van der Waals surface area contributed by atoms with Gasteiger partial charge in [-0.05, 0) is 24.6 Å². The molecule has 0 bridgehead atoms. The Balaban J connectivity index is 2.97. The van der Waals surface area contributed by atoms with Crippen LogP contribution in [0.25, 0.3) is 0 Å². The zero-order chi connectivity index (χ0) is 16.9. The number of carbonyl (C=O) groups excluding carboxylic acids is 1. The highest BCUT2D eigenvalue weighted by molar-refractivity contribution is 5.96. The molecule has 0 saturated heterocycles. The van der Waals surface area contributed by atoms with E-state index in [2.05, 4.69) is 5.32 Å². The minimum Gasteiger partial charge on any atom is -0.480 e. The normalized spacial score (nSPS) is 12.8. The molecule has 8 heteroatoms. The molecule has 0 spiro atoms. The van der Waals surface area contributed by atoms with Crippen LogP contribution in [0, 0.1) is 5.82 Å². The maximum absolute atomic E-state index is 13.2. The SMILES string of the molecule is CCCCC(NC(=O)c1cc(F)cc(C(F)(F)F)c1)C(=O)O. The molecule has 0 aliphatic carbocycles. The molecule has 4 nitrogen and oxygen atoms in total. The second-order valence-corrected chi connectivity index (χ2v) is 4.73. The van der Waals surface area contributed by atoms with Crippen molar-refractivity contribution in [3.8, 4) is 0 Å². The molecule has 1 rings (SSSR count). The summed E-state index contributed by atoms with van der Waals surface area (Å²) in [5.74, 6) is -3.58. The zero-order valence-electron chi connectivity index (χ0n) is 11.7. The fourth-order valence-electron chi connectivity index (χ4n) is 1.79. The summed E-state index contributed by atoms with van der Waals surface area (Å²) < 4.78 is 50.9. The van der Waals surface area contributed by atoms with Gasteiger partial charge in [-0.2, -0.15) is 13.2 Å². The van der Waals surface area contributed by atoms with E-state index in [1.54, 1.807) is 0 Å². The topological polar surface area (TPSA) is 66.4 Å². The van der Waals surface area contributed by atoms with Crippen molar-refractivity contribution in [2.24, 2.45) is 0 Å². The second kappa shape index (κ2) is 7.24. The summed E-state index contributed by atoms with van der Waals surface area (Å²) in [5, 5.41) is 11.1. The lowest BCUT2D eigenvalue weighted by atomic mass is 10.1. The van der Waals surface area contributed by atoms with Crippen LogP contribution < -0.4 is 5.32 Å². The van der Waals surface area contributed by atoms with E-state index in [9.17, 15) is 27.2 Å². The largest absolute Gasteiger partial charge is 0.480 e. The number of carboxylic acid groups (broad SMARTS) is 1. The first-order chi connectivity index (χ1) is 10.1. The predicted molar refractivity (Wildman–Crippen MR) is 69.8 cm³/mol. The van der Waals surface area contributed by atoms with E-state index in [1.165, 1.54) is 0 Å². The van der Waals surface area contributed by atoms with Crippen molar-refractivity contribution in [2.75, 3.05) is 0 Å². The Hall–Kier alpha value is -2.12. The van der Waals surface area contributed by atoms with E-state index in [0.717, 1.165) is 0 Å². The average molecular weight is 321 g/mol. The third-order valence-corrected chi connectivity index (χ3v) is 2.94. The molecule has 0 heterocycles. The van der Waals surface area contributed by atoms with Gasteiger partial charge in [0.1, 0.15) is 11.9 Å². The molecule has 1 amide bonds. The quantitative estimate of drug-likeness (QED) is 0.791. The number of halogens is 4. The van der Waals surface area contributed by atoms with E-state index in [0.29, 0.717) is 25.0 Å². The first-order valence-electron chi connectivity index (χ1n) is 6.56. The Labute approximate surface area is 124 Å². The molecule has 0 fully saturated rings. The fraction of sp³-hybridized carbons (Fsp3) is 0.429. The van der Waals surface area contributed by atoms with Gasteiger partial charge in [0, 0.05) is 5.56 Å². The third-order valence-electron chi connectivity index (χ3n) is 2.94. The number of carboxylic acids is 1. The smallest absolute Gasteiger partial charge is 0.416 e. The van der Waals surface area contributed by atoms with Gasteiger partial charge in [0.05, 0.1) is 5.56 Å². The summed E-state index contributed by atoms with van der Waals surface area (Å²) >= 11 is 0. The van der Waals surface area contributed by atoms with E-state index in [-0.39, 0.29) is 12.5 Å². The van der Waals surface area contributed by atoms with Crippen molar-refractivity contribution in [3.05, 3.63) is 35.1 Å². The monoisotopic (exact) mass is 321 g/mol. The predicted octanol–water partition coefficient (Wildman–Crippen LogP) is 3.22. The lowest BCUT2D eigenvalue weighted by Gasteiger charge is -2.15. The number of amides is 1. The van der Waals surface area contributed by atoms with Gasteiger partial charge in [-0.25, -0.2) is 9.18 Å². The number of rotatable bonds is 6. The average Bonchev–Trinajstić information content (AvgIpc) is 2.41. The molecule has 1 atom stereocenters. The van der Waals surface area contributed by atoms with Gasteiger partial charge in [-0.3, -0.25) is 4.79 Å². The Kier molecular flexibility index (Phi) is 5.90. The van der Waals surface area contributed by atoms with Crippen molar-refractivity contribution in [2.45, 2.75) is 38.4 Å². The van der Waals surface area contributed by atoms with Crippen LogP contribution in [-0.4, -0.2) is 23.0 Å². The van der Waals surface area contributed by atoms with E-state index in [1.807, 2.05) is 6.92 Å². The zero-order valence-corrected chi connectivity index (χ0v) is 11.7. The Bertz CT molecular complexity index is 558. The van der Waals surface area contributed by atoms with Crippen molar-refractivity contribution in [3.63, 3.8) is 0 Å². The third kappa shape index (κ3) is 5.01. The van der Waals surface area contributed by atoms with Gasteiger partial charge < -0.3 is 10.4 Å². The number of nitrogens with one attached hydrogen (secondary N) is 1. The molecule has 0 aliphatic heterocycles. The molecule has 22 heavy (non-hydrogen) atoms. The summed E-state index contributed by atoms with van der Waals surface area (Å²) in [7, 11) is 0. The molecule has 0 saturated carbocycles. The molecule has 1 aromatic rings. The lowest BCUT2D eigenvalue weighted by Crippen LogP contribution is -2.40. The molecular formula is C14H15F4NO3. The highest BCUT2D eigenvalue weighted by atomic mass is 19.4. The first kappa shape index (κ1) is 17.9. The molecule has 1 unspecified atom stereocenters. The maximum Gasteiger partial charge on any atom is 0.416 e. The van der Waals surface area contributed by atoms with Gasteiger partial charge in [0.2, 0.25) is 0 Å². The number of benzene rings is 1. The standard InChI is InChI=1S/C14H15F4NO3/c1-2-3-4-11(13(21)22)19-12(20)8-5-9(14(16,17)18)7-10(15)6-8/h5-7,11H,2-4H2,1H3,(H,19,20)(H,21,22). The molecule has 2 N–H and O–H groups in total. The van der Waals surface area contributed by atoms with E-state index >= 15 is 0 Å². The number of unbranched alkanes of at least 4 members (excludes halogenated alkanes) is 1. The van der Waals surface area contributed by atoms with Crippen LogP contribution in [0.2, 0.25) is 0 Å². The van der Waals surface area contributed by atoms with E-state index in [4.69, 9.17) is 5.11 Å². The van der Waals surface area contributed by atoms with Gasteiger partial charge in [0.25, 0.3) is 5.91 Å².